The topological polar surface area (TPSA) is 51.7 Å². The predicted octanol–water partition coefficient (Wildman–Crippen LogP) is 3.43. The van der Waals surface area contributed by atoms with Crippen LogP contribution in [0, 0.1) is 0 Å². The summed E-state index contributed by atoms with van der Waals surface area (Å²) in [4.78, 5) is 19.7. The van der Waals surface area contributed by atoms with Crippen molar-refractivity contribution in [3.8, 4) is 0 Å². The molecule has 1 spiro atoms. The van der Waals surface area contributed by atoms with Crippen LogP contribution in [0.1, 0.15) is 30.0 Å². The number of carbonyl (C=O) groups is 1. The summed E-state index contributed by atoms with van der Waals surface area (Å²) in [6.45, 7) is 2.57. The normalized spacial score (nSPS) is 20.0. The summed E-state index contributed by atoms with van der Waals surface area (Å²) in [5.41, 5.74) is 1.87. The number of amides is 1. The smallest absolute Gasteiger partial charge is 0.230 e. The molecule has 0 saturated carbocycles. The maximum atomic E-state index is 13.4. The summed E-state index contributed by atoms with van der Waals surface area (Å²) in [7, 11) is 0. The fourth-order valence-electron chi connectivity index (χ4n) is 3.84. The fourth-order valence-corrected chi connectivity index (χ4v) is 3.97. The standard InChI is InChI=1S/C21H23ClN2O3/c22-17-6-4-16(5-7-17)19(15-18-3-1-2-10-23-18)20(25)24-11-8-21(9-12-24)26-13-14-27-21/h1-7,10,19H,8-9,11-15H2. The van der Waals surface area contributed by atoms with Gasteiger partial charge in [0.25, 0.3) is 0 Å². The quantitative estimate of drug-likeness (QED) is 0.807. The third-order valence-corrected chi connectivity index (χ3v) is 5.61. The molecule has 1 aromatic carbocycles. The molecule has 5 nitrogen and oxygen atoms in total. The lowest BCUT2D eigenvalue weighted by Gasteiger charge is -2.39. The van der Waals surface area contributed by atoms with Crippen LogP contribution in [0.2, 0.25) is 5.02 Å². The van der Waals surface area contributed by atoms with E-state index in [1.165, 1.54) is 0 Å². The Morgan fingerprint density at radius 2 is 1.81 bits per heavy atom. The van der Waals surface area contributed by atoms with Gasteiger partial charge in [-0.25, -0.2) is 0 Å². The van der Waals surface area contributed by atoms with Crippen molar-refractivity contribution in [1.82, 2.24) is 9.88 Å². The average molecular weight is 387 g/mol. The van der Waals surface area contributed by atoms with Crippen LogP contribution in [0.4, 0.5) is 0 Å². The van der Waals surface area contributed by atoms with Crippen LogP contribution in [0.25, 0.3) is 0 Å². The summed E-state index contributed by atoms with van der Waals surface area (Å²) < 4.78 is 11.6. The largest absolute Gasteiger partial charge is 0.347 e. The van der Waals surface area contributed by atoms with Gasteiger partial charge in [0, 0.05) is 49.3 Å². The van der Waals surface area contributed by atoms with Crippen molar-refractivity contribution in [3.05, 3.63) is 64.9 Å². The lowest BCUT2D eigenvalue weighted by molar-refractivity contribution is -0.187. The molecule has 3 heterocycles. The number of aromatic nitrogens is 1. The maximum Gasteiger partial charge on any atom is 0.230 e. The second-order valence-electron chi connectivity index (χ2n) is 7.06. The summed E-state index contributed by atoms with van der Waals surface area (Å²) in [5, 5.41) is 0.665. The fraction of sp³-hybridized carbons (Fsp3) is 0.429. The molecule has 2 aromatic rings. The third kappa shape index (κ3) is 4.15. The number of carbonyl (C=O) groups excluding carboxylic acids is 1. The summed E-state index contributed by atoms with van der Waals surface area (Å²) in [6, 6.07) is 13.3. The molecule has 0 radical (unpaired) electrons. The van der Waals surface area contributed by atoms with E-state index >= 15 is 0 Å². The minimum Gasteiger partial charge on any atom is -0.347 e. The summed E-state index contributed by atoms with van der Waals surface area (Å²) in [5.74, 6) is -0.638. The Morgan fingerprint density at radius 3 is 2.44 bits per heavy atom. The molecule has 6 heteroatoms. The zero-order chi connectivity index (χ0) is 18.7. The predicted molar refractivity (Wildman–Crippen MR) is 103 cm³/mol. The Kier molecular flexibility index (Phi) is 5.43. The zero-order valence-electron chi connectivity index (χ0n) is 15.1. The van der Waals surface area contributed by atoms with Crippen molar-refractivity contribution in [2.24, 2.45) is 0 Å². The minimum atomic E-state index is -0.479. The molecule has 2 fully saturated rings. The first-order valence-corrected chi connectivity index (χ1v) is 9.75. The summed E-state index contributed by atoms with van der Waals surface area (Å²) in [6.07, 6.45) is 3.76. The van der Waals surface area contributed by atoms with Crippen LogP contribution in [0.3, 0.4) is 0 Å². The highest BCUT2D eigenvalue weighted by Crippen LogP contribution is 2.33. The van der Waals surface area contributed by atoms with Crippen molar-refractivity contribution >= 4 is 17.5 Å². The Morgan fingerprint density at radius 1 is 1.11 bits per heavy atom. The number of ether oxygens (including phenoxy) is 2. The molecule has 1 amide bonds. The van der Waals surface area contributed by atoms with E-state index in [1.54, 1.807) is 6.20 Å². The van der Waals surface area contributed by atoms with Gasteiger partial charge in [-0.3, -0.25) is 9.78 Å². The highest BCUT2D eigenvalue weighted by atomic mass is 35.5. The van der Waals surface area contributed by atoms with Crippen molar-refractivity contribution in [2.45, 2.75) is 31.0 Å². The Balaban J connectivity index is 1.52. The van der Waals surface area contributed by atoms with E-state index in [0.717, 1.165) is 24.1 Å². The second-order valence-corrected chi connectivity index (χ2v) is 7.50. The molecule has 2 aliphatic rings. The number of halogens is 1. The molecule has 2 saturated heterocycles. The molecule has 0 aliphatic carbocycles. The molecule has 1 atom stereocenters. The van der Waals surface area contributed by atoms with Gasteiger partial charge in [-0.2, -0.15) is 0 Å². The third-order valence-electron chi connectivity index (χ3n) is 5.36. The number of piperidine rings is 1. The number of pyridine rings is 1. The van der Waals surface area contributed by atoms with Gasteiger partial charge in [0.2, 0.25) is 5.91 Å². The van der Waals surface area contributed by atoms with Crippen molar-refractivity contribution in [2.75, 3.05) is 26.3 Å². The van der Waals surface area contributed by atoms with Gasteiger partial charge < -0.3 is 14.4 Å². The molecule has 27 heavy (non-hydrogen) atoms. The van der Waals surface area contributed by atoms with Crippen LogP contribution in [-0.4, -0.2) is 47.9 Å². The Bertz CT molecular complexity index is 766. The molecule has 1 aromatic heterocycles. The SMILES string of the molecule is O=C(C(Cc1ccccn1)c1ccc(Cl)cc1)N1CCC2(CC1)OCCO2. The Hall–Kier alpha value is -1.95. The van der Waals surface area contributed by atoms with Gasteiger partial charge >= 0.3 is 0 Å². The first-order chi connectivity index (χ1) is 13.2. The van der Waals surface area contributed by atoms with Gasteiger partial charge in [0.1, 0.15) is 0 Å². The second kappa shape index (κ2) is 7.97. The van der Waals surface area contributed by atoms with E-state index in [9.17, 15) is 4.79 Å². The monoisotopic (exact) mass is 386 g/mol. The van der Waals surface area contributed by atoms with Crippen molar-refractivity contribution in [1.29, 1.82) is 0 Å². The number of likely N-dealkylation sites (tertiary alicyclic amines) is 1. The van der Waals surface area contributed by atoms with Crippen LogP contribution in [0.5, 0.6) is 0 Å². The highest BCUT2D eigenvalue weighted by Gasteiger charge is 2.41. The molecule has 1 unspecified atom stereocenters. The van der Waals surface area contributed by atoms with Gasteiger partial charge in [-0.05, 0) is 29.8 Å². The minimum absolute atomic E-state index is 0.121. The number of hydrogen-bond donors (Lipinski definition) is 0. The van der Waals surface area contributed by atoms with E-state index in [1.807, 2.05) is 47.4 Å². The van der Waals surface area contributed by atoms with E-state index in [2.05, 4.69) is 4.98 Å². The average Bonchev–Trinajstić information content (AvgIpc) is 3.16. The molecular formula is C21H23ClN2O3. The van der Waals surface area contributed by atoms with E-state index in [0.29, 0.717) is 37.7 Å². The van der Waals surface area contributed by atoms with Crippen LogP contribution >= 0.6 is 11.6 Å². The number of nitrogens with zero attached hydrogens (tertiary/aromatic N) is 2. The van der Waals surface area contributed by atoms with Gasteiger partial charge in [-0.1, -0.05) is 29.8 Å². The lowest BCUT2D eigenvalue weighted by atomic mass is 9.91. The number of rotatable bonds is 4. The lowest BCUT2D eigenvalue weighted by Crippen LogP contribution is -2.48. The zero-order valence-corrected chi connectivity index (χ0v) is 15.9. The molecule has 142 valence electrons. The Labute approximate surface area is 164 Å². The van der Waals surface area contributed by atoms with Gasteiger partial charge in [-0.15, -0.1) is 0 Å². The van der Waals surface area contributed by atoms with E-state index < -0.39 is 5.79 Å². The summed E-state index contributed by atoms with van der Waals surface area (Å²) >= 11 is 6.04. The van der Waals surface area contributed by atoms with Crippen LogP contribution in [-0.2, 0) is 20.7 Å². The van der Waals surface area contributed by atoms with Crippen molar-refractivity contribution < 1.29 is 14.3 Å². The van der Waals surface area contributed by atoms with E-state index in [4.69, 9.17) is 21.1 Å². The maximum absolute atomic E-state index is 13.4. The van der Waals surface area contributed by atoms with Crippen LogP contribution in [0.15, 0.2) is 48.7 Å². The van der Waals surface area contributed by atoms with Gasteiger partial charge in [0.15, 0.2) is 5.79 Å². The molecule has 0 N–H and O–H groups in total. The highest BCUT2D eigenvalue weighted by molar-refractivity contribution is 6.30. The molecular weight excluding hydrogens is 364 g/mol. The first kappa shape index (κ1) is 18.4. The molecule has 2 aliphatic heterocycles. The molecule has 0 bridgehead atoms. The first-order valence-electron chi connectivity index (χ1n) is 9.37. The van der Waals surface area contributed by atoms with Crippen LogP contribution < -0.4 is 0 Å². The molecule has 4 rings (SSSR count). The van der Waals surface area contributed by atoms with Gasteiger partial charge in [0.05, 0.1) is 19.1 Å². The number of hydrogen-bond acceptors (Lipinski definition) is 4. The number of benzene rings is 1. The van der Waals surface area contributed by atoms with Crippen molar-refractivity contribution in [3.63, 3.8) is 0 Å². The van der Waals surface area contributed by atoms with E-state index in [-0.39, 0.29) is 11.8 Å².